The van der Waals surface area contributed by atoms with Crippen molar-refractivity contribution in [1.82, 2.24) is 0 Å². The van der Waals surface area contributed by atoms with Crippen molar-refractivity contribution < 1.29 is 9.47 Å². The molecule has 0 aliphatic heterocycles. The molecule has 0 aromatic rings. The third-order valence-corrected chi connectivity index (χ3v) is 1.76. The molecule has 0 bridgehead atoms. The van der Waals surface area contributed by atoms with Crippen LogP contribution < -0.4 is 5.73 Å². The first kappa shape index (κ1) is 15.2. The van der Waals surface area contributed by atoms with Gasteiger partial charge in [-0.15, -0.1) is 0 Å². The molecule has 0 saturated carbocycles. The number of hydrogen-bond donors (Lipinski definition) is 1. The highest BCUT2D eigenvalue weighted by atomic mass is 16.5. The summed E-state index contributed by atoms with van der Waals surface area (Å²) >= 11 is 0. The maximum absolute atomic E-state index is 5.78. The van der Waals surface area contributed by atoms with E-state index in [1.54, 1.807) is 0 Å². The average Bonchev–Trinajstić information content (AvgIpc) is 2.20. The topological polar surface area (TPSA) is 44.5 Å². The van der Waals surface area contributed by atoms with Gasteiger partial charge in [-0.25, -0.2) is 0 Å². The van der Waals surface area contributed by atoms with Crippen LogP contribution in [0.4, 0.5) is 0 Å². The highest BCUT2D eigenvalue weighted by Gasteiger charge is 2.13. The number of hydrogen-bond acceptors (Lipinski definition) is 3. The summed E-state index contributed by atoms with van der Waals surface area (Å²) < 4.78 is 11.0. The molecule has 0 amide bonds. The first-order chi connectivity index (χ1) is 7.39. The van der Waals surface area contributed by atoms with Crippen LogP contribution in [0.2, 0.25) is 0 Å². The van der Waals surface area contributed by atoms with Crippen LogP contribution in [0.1, 0.15) is 34.6 Å². The SMILES string of the molecule is C/C=C\C(=C/C)OCC(N)OCC(C)(C)C. The van der Waals surface area contributed by atoms with Crippen molar-refractivity contribution in [2.45, 2.75) is 40.8 Å². The highest BCUT2D eigenvalue weighted by Crippen LogP contribution is 2.13. The Morgan fingerprint density at radius 1 is 1.31 bits per heavy atom. The van der Waals surface area contributed by atoms with Gasteiger partial charge in [-0.05, 0) is 31.4 Å². The number of nitrogens with two attached hydrogens (primary N) is 1. The molecule has 3 heteroatoms. The fourth-order valence-electron chi connectivity index (χ4n) is 0.975. The molecule has 94 valence electrons. The Kier molecular flexibility index (Phi) is 7.10. The Balaban J connectivity index is 3.85. The van der Waals surface area contributed by atoms with E-state index >= 15 is 0 Å². The lowest BCUT2D eigenvalue weighted by Gasteiger charge is -2.21. The molecular formula is C13H25NO2. The van der Waals surface area contributed by atoms with E-state index in [1.807, 2.05) is 32.1 Å². The van der Waals surface area contributed by atoms with E-state index in [2.05, 4.69) is 20.8 Å². The Morgan fingerprint density at radius 3 is 2.38 bits per heavy atom. The van der Waals surface area contributed by atoms with E-state index in [9.17, 15) is 0 Å². The molecule has 0 fully saturated rings. The summed E-state index contributed by atoms with van der Waals surface area (Å²) in [6.07, 6.45) is 5.35. The molecule has 0 aromatic heterocycles. The molecule has 3 nitrogen and oxygen atoms in total. The fraction of sp³-hybridized carbons (Fsp3) is 0.692. The molecular weight excluding hydrogens is 202 g/mol. The molecule has 16 heavy (non-hydrogen) atoms. The summed E-state index contributed by atoms with van der Waals surface area (Å²) in [7, 11) is 0. The lowest BCUT2D eigenvalue weighted by molar-refractivity contribution is -0.0227. The summed E-state index contributed by atoms with van der Waals surface area (Å²) in [5.74, 6) is 0.817. The Hall–Kier alpha value is -0.800. The third-order valence-electron chi connectivity index (χ3n) is 1.76. The zero-order valence-corrected chi connectivity index (χ0v) is 11.1. The van der Waals surface area contributed by atoms with Crippen LogP contribution in [-0.2, 0) is 9.47 Å². The molecule has 0 spiro atoms. The van der Waals surface area contributed by atoms with Gasteiger partial charge in [-0.1, -0.05) is 26.8 Å². The van der Waals surface area contributed by atoms with Gasteiger partial charge in [-0.2, -0.15) is 0 Å². The summed E-state index contributed by atoms with van der Waals surface area (Å²) in [6, 6.07) is 0. The molecule has 0 saturated heterocycles. The second kappa shape index (κ2) is 7.47. The van der Waals surface area contributed by atoms with Crippen LogP contribution in [0.15, 0.2) is 24.0 Å². The normalized spacial score (nSPS) is 15.5. The van der Waals surface area contributed by atoms with Crippen LogP contribution >= 0.6 is 0 Å². The van der Waals surface area contributed by atoms with E-state index in [4.69, 9.17) is 15.2 Å². The Bertz CT molecular complexity index is 239. The van der Waals surface area contributed by atoms with Gasteiger partial charge in [0.15, 0.2) is 0 Å². The predicted molar refractivity (Wildman–Crippen MR) is 67.9 cm³/mol. The molecule has 0 radical (unpaired) electrons. The van der Waals surface area contributed by atoms with E-state index in [0.717, 1.165) is 5.76 Å². The molecule has 0 aliphatic rings. The zero-order valence-electron chi connectivity index (χ0n) is 11.1. The van der Waals surface area contributed by atoms with E-state index in [0.29, 0.717) is 13.2 Å². The lowest BCUT2D eigenvalue weighted by atomic mass is 9.99. The smallest absolute Gasteiger partial charge is 0.140 e. The molecule has 0 aromatic carbocycles. The maximum atomic E-state index is 5.78. The average molecular weight is 227 g/mol. The van der Waals surface area contributed by atoms with Gasteiger partial charge in [0, 0.05) is 0 Å². The van der Waals surface area contributed by atoms with Gasteiger partial charge in [0.05, 0.1) is 6.61 Å². The van der Waals surface area contributed by atoms with Gasteiger partial charge >= 0.3 is 0 Å². The van der Waals surface area contributed by atoms with Gasteiger partial charge < -0.3 is 15.2 Å². The summed E-state index contributed by atoms with van der Waals surface area (Å²) in [5, 5.41) is 0. The molecule has 0 heterocycles. The second-order valence-corrected chi connectivity index (χ2v) is 4.91. The molecule has 0 rings (SSSR count). The third kappa shape index (κ3) is 8.50. The number of rotatable bonds is 6. The minimum atomic E-state index is -0.376. The summed E-state index contributed by atoms with van der Waals surface area (Å²) in [5.41, 5.74) is 5.91. The Morgan fingerprint density at radius 2 is 1.94 bits per heavy atom. The molecule has 0 aliphatic carbocycles. The van der Waals surface area contributed by atoms with Crippen molar-refractivity contribution >= 4 is 0 Å². The van der Waals surface area contributed by atoms with Crippen molar-refractivity contribution in [2.75, 3.05) is 13.2 Å². The van der Waals surface area contributed by atoms with Gasteiger partial charge in [0.1, 0.15) is 18.6 Å². The number of ether oxygens (including phenoxy) is 2. The van der Waals surface area contributed by atoms with Crippen molar-refractivity contribution in [1.29, 1.82) is 0 Å². The predicted octanol–water partition coefficient (Wildman–Crippen LogP) is 2.83. The second-order valence-electron chi connectivity index (χ2n) is 4.91. The minimum Gasteiger partial charge on any atom is -0.490 e. The minimum absolute atomic E-state index is 0.129. The van der Waals surface area contributed by atoms with Crippen molar-refractivity contribution in [3.8, 4) is 0 Å². The Labute approximate surface area is 99.3 Å². The van der Waals surface area contributed by atoms with Crippen LogP contribution in [0.25, 0.3) is 0 Å². The lowest BCUT2D eigenvalue weighted by Crippen LogP contribution is -2.32. The first-order valence-electron chi connectivity index (χ1n) is 5.68. The quantitative estimate of drug-likeness (QED) is 0.431. The van der Waals surface area contributed by atoms with Gasteiger partial charge in [-0.3, -0.25) is 0 Å². The number of allylic oxidation sites excluding steroid dienone is 3. The fourth-order valence-corrected chi connectivity index (χ4v) is 0.975. The van der Waals surface area contributed by atoms with Crippen LogP contribution in [0, 0.1) is 5.41 Å². The van der Waals surface area contributed by atoms with Crippen molar-refractivity contribution in [3.63, 3.8) is 0 Å². The highest BCUT2D eigenvalue weighted by molar-refractivity contribution is 5.09. The standard InChI is InChI=1S/C13H25NO2/c1-6-8-11(7-2)15-9-12(14)16-10-13(3,4)5/h6-8,12H,9-10,14H2,1-5H3/b8-6-,11-7+. The maximum Gasteiger partial charge on any atom is 0.140 e. The van der Waals surface area contributed by atoms with Crippen LogP contribution in [-0.4, -0.2) is 19.4 Å². The van der Waals surface area contributed by atoms with E-state index in [1.165, 1.54) is 0 Å². The van der Waals surface area contributed by atoms with Crippen molar-refractivity contribution in [3.05, 3.63) is 24.0 Å². The first-order valence-corrected chi connectivity index (χ1v) is 5.68. The molecule has 1 atom stereocenters. The van der Waals surface area contributed by atoms with Crippen LogP contribution in [0.5, 0.6) is 0 Å². The summed E-state index contributed by atoms with van der Waals surface area (Å²) in [6.45, 7) is 11.2. The zero-order chi connectivity index (χ0) is 12.6. The van der Waals surface area contributed by atoms with Crippen molar-refractivity contribution in [2.24, 2.45) is 11.1 Å². The summed E-state index contributed by atoms with van der Waals surface area (Å²) in [4.78, 5) is 0. The molecule has 2 N–H and O–H groups in total. The largest absolute Gasteiger partial charge is 0.490 e. The van der Waals surface area contributed by atoms with E-state index < -0.39 is 0 Å². The van der Waals surface area contributed by atoms with Crippen LogP contribution in [0.3, 0.4) is 0 Å². The van der Waals surface area contributed by atoms with E-state index in [-0.39, 0.29) is 11.6 Å². The molecule has 1 unspecified atom stereocenters. The van der Waals surface area contributed by atoms with Gasteiger partial charge in [0.2, 0.25) is 0 Å². The van der Waals surface area contributed by atoms with Gasteiger partial charge in [0.25, 0.3) is 0 Å². The monoisotopic (exact) mass is 227 g/mol.